The molecule has 2 aromatic rings. The normalized spacial score (nSPS) is 11.5. The molecule has 0 unspecified atom stereocenters. The summed E-state index contributed by atoms with van der Waals surface area (Å²) in [6.07, 6.45) is 4.16. The number of nitrogen functional groups attached to an aromatic ring is 1. The van der Waals surface area contributed by atoms with Crippen LogP contribution in [0.5, 0.6) is 0 Å². The lowest BCUT2D eigenvalue weighted by Gasteiger charge is -2.09. The van der Waals surface area contributed by atoms with E-state index in [1.54, 1.807) is 0 Å². The SMILES string of the molecule is CCC(CC)c1nc2c(C)cccn2c1N. The lowest BCUT2D eigenvalue weighted by molar-refractivity contribution is 0.629. The van der Waals surface area contributed by atoms with Crippen molar-refractivity contribution in [2.75, 3.05) is 5.73 Å². The van der Waals surface area contributed by atoms with E-state index >= 15 is 0 Å². The fourth-order valence-electron chi connectivity index (χ4n) is 2.22. The van der Waals surface area contributed by atoms with E-state index in [1.807, 2.05) is 16.7 Å². The number of aryl methyl sites for hydroxylation is 1. The third-order valence-corrected chi connectivity index (χ3v) is 3.28. The molecule has 0 bridgehead atoms. The fraction of sp³-hybridized carbons (Fsp3) is 0.462. The van der Waals surface area contributed by atoms with E-state index in [1.165, 1.54) is 5.56 Å². The van der Waals surface area contributed by atoms with E-state index in [0.717, 1.165) is 30.0 Å². The topological polar surface area (TPSA) is 43.3 Å². The van der Waals surface area contributed by atoms with Gasteiger partial charge in [-0.3, -0.25) is 4.40 Å². The Morgan fingerprint density at radius 1 is 1.38 bits per heavy atom. The summed E-state index contributed by atoms with van der Waals surface area (Å²) < 4.78 is 1.99. The molecule has 0 amide bonds. The summed E-state index contributed by atoms with van der Waals surface area (Å²) in [5.41, 5.74) is 9.38. The molecule has 0 fully saturated rings. The molecule has 0 radical (unpaired) electrons. The van der Waals surface area contributed by atoms with Crippen LogP contribution in [0, 0.1) is 6.92 Å². The Morgan fingerprint density at radius 3 is 2.62 bits per heavy atom. The molecular formula is C13H19N3. The summed E-state index contributed by atoms with van der Waals surface area (Å²) >= 11 is 0. The van der Waals surface area contributed by atoms with E-state index in [9.17, 15) is 0 Å². The van der Waals surface area contributed by atoms with Gasteiger partial charge in [0.05, 0.1) is 5.69 Å². The first kappa shape index (κ1) is 11.0. The Labute approximate surface area is 96.3 Å². The second-order valence-corrected chi connectivity index (χ2v) is 4.28. The fourth-order valence-corrected chi connectivity index (χ4v) is 2.22. The summed E-state index contributed by atoms with van der Waals surface area (Å²) in [5.74, 6) is 1.27. The highest BCUT2D eigenvalue weighted by molar-refractivity contribution is 5.57. The van der Waals surface area contributed by atoms with Gasteiger partial charge in [0.1, 0.15) is 11.5 Å². The maximum atomic E-state index is 6.16. The van der Waals surface area contributed by atoms with Gasteiger partial charge in [-0.1, -0.05) is 19.9 Å². The average molecular weight is 217 g/mol. The van der Waals surface area contributed by atoms with E-state index in [2.05, 4.69) is 26.8 Å². The van der Waals surface area contributed by atoms with Crippen molar-refractivity contribution in [3.63, 3.8) is 0 Å². The van der Waals surface area contributed by atoms with Gasteiger partial charge in [-0.25, -0.2) is 4.98 Å². The minimum atomic E-state index is 0.472. The minimum absolute atomic E-state index is 0.472. The predicted octanol–water partition coefficient (Wildman–Crippen LogP) is 3.13. The highest BCUT2D eigenvalue weighted by Gasteiger charge is 2.17. The van der Waals surface area contributed by atoms with E-state index in [4.69, 9.17) is 10.7 Å². The summed E-state index contributed by atoms with van der Waals surface area (Å²) in [4.78, 5) is 4.69. The van der Waals surface area contributed by atoms with Crippen LogP contribution in [0.2, 0.25) is 0 Å². The lowest BCUT2D eigenvalue weighted by atomic mass is 10.00. The highest BCUT2D eigenvalue weighted by atomic mass is 15.1. The highest BCUT2D eigenvalue weighted by Crippen LogP contribution is 2.28. The van der Waals surface area contributed by atoms with Gasteiger partial charge in [0.25, 0.3) is 0 Å². The van der Waals surface area contributed by atoms with E-state index in [-0.39, 0.29) is 0 Å². The molecule has 86 valence electrons. The van der Waals surface area contributed by atoms with Crippen LogP contribution < -0.4 is 5.73 Å². The van der Waals surface area contributed by atoms with Crippen LogP contribution in [-0.2, 0) is 0 Å². The van der Waals surface area contributed by atoms with E-state index in [0.29, 0.717) is 5.92 Å². The van der Waals surface area contributed by atoms with Gasteiger partial charge in [-0.15, -0.1) is 0 Å². The van der Waals surface area contributed by atoms with Crippen molar-refractivity contribution in [2.45, 2.75) is 39.5 Å². The maximum Gasteiger partial charge on any atom is 0.141 e. The predicted molar refractivity (Wildman–Crippen MR) is 67.7 cm³/mol. The Bertz CT molecular complexity index is 495. The number of anilines is 1. The summed E-state index contributed by atoms with van der Waals surface area (Å²) in [6.45, 7) is 6.44. The minimum Gasteiger partial charge on any atom is -0.383 e. The molecule has 0 aliphatic carbocycles. The molecule has 0 saturated heterocycles. The molecule has 2 aromatic heterocycles. The Balaban J connectivity index is 2.64. The lowest BCUT2D eigenvalue weighted by Crippen LogP contribution is -2.01. The zero-order chi connectivity index (χ0) is 11.7. The van der Waals surface area contributed by atoms with Gasteiger partial charge in [0.15, 0.2) is 0 Å². The van der Waals surface area contributed by atoms with Gasteiger partial charge in [-0.2, -0.15) is 0 Å². The zero-order valence-corrected chi connectivity index (χ0v) is 10.2. The quantitative estimate of drug-likeness (QED) is 0.858. The van der Waals surface area contributed by atoms with Crippen molar-refractivity contribution >= 4 is 11.5 Å². The number of pyridine rings is 1. The van der Waals surface area contributed by atoms with Crippen molar-refractivity contribution in [3.8, 4) is 0 Å². The van der Waals surface area contributed by atoms with Crippen molar-refractivity contribution in [1.82, 2.24) is 9.38 Å². The van der Waals surface area contributed by atoms with Crippen LogP contribution in [0.4, 0.5) is 5.82 Å². The molecular weight excluding hydrogens is 198 g/mol. The van der Waals surface area contributed by atoms with E-state index < -0.39 is 0 Å². The van der Waals surface area contributed by atoms with Crippen molar-refractivity contribution < 1.29 is 0 Å². The molecule has 0 saturated carbocycles. The van der Waals surface area contributed by atoms with Crippen LogP contribution in [0.25, 0.3) is 5.65 Å². The number of imidazole rings is 1. The van der Waals surface area contributed by atoms with Crippen molar-refractivity contribution in [1.29, 1.82) is 0 Å². The molecule has 16 heavy (non-hydrogen) atoms. The Morgan fingerprint density at radius 2 is 2.06 bits per heavy atom. The number of hydrogen-bond donors (Lipinski definition) is 1. The molecule has 3 heteroatoms. The van der Waals surface area contributed by atoms with Crippen molar-refractivity contribution in [2.24, 2.45) is 0 Å². The first-order chi connectivity index (χ1) is 7.69. The number of aromatic nitrogens is 2. The van der Waals surface area contributed by atoms with Gasteiger partial charge >= 0.3 is 0 Å². The Kier molecular flexibility index (Phi) is 2.86. The number of nitrogens with two attached hydrogens (primary N) is 1. The maximum absolute atomic E-state index is 6.16. The molecule has 2 heterocycles. The van der Waals surface area contributed by atoms with Crippen LogP contribution in [0.15, 0.2) is 18.3 Å². The zero-order valence-electron chi connectivity index (χ0n) is 10.2. The smallest absolute Gasteiger partial charge is 0.141 e. The second-order valence-electron chi connectivity index (χ2n) is 4.28. The largest absolute Gasteiger partial charge is 0.383 e. The molecule has 0 aromatic carbocycles. The summed E-state index contributed by atoms with van der Waals surface area (Å²) in [5, 5.41) is 0. The first-order valence-corrected chi connectivity index (χ1v) is 5.92. The van der Waals surface area contributed by atoms with Gasteiger partial charge in [-0.05, 0) is 31.4 Å². The monoisotopic (exact) mass is 217 g/mol. The molecule has 3 nitrogen and oxygen atoms in total. The number of nitrogens with zero attached hydrogens (tertiary/aromatic N) is 2. The van der Waals surface area contributed by atoms with Gasteiger partial charge < -0.3 is 5.73 Å². The Hall–Kier alpha value is -1.51. The van der Waals surface area contributed by atoms with Gasteiger partial charge in [0, 0.05) is 12.1 Å². The third-order valence-electron chi connectivity index (χ3n) is 3.28. The number of rotatable bonds is 3. The molecule has 0 atom stereocenters. The van der Waals surface area contributed by atoms with Crippen LogP contribution in [0.1, 0.15) is 43.9 Å². The van der Waals surface area contributed by atoms with Crippen LogP contribution in [0.3, 0.4) is 0 Å². The molecule has 2 rings (SSSR count). The summed E-state index contributed by atoms with van der Waals surface area (Å²) in [6, 6.07) is 4.08. The van der Waals surface area contributed by atoms with Crippen molar-refractivity contribution in [3.05, 3.63) is 29.6 Å². The van der Waals surface area contributed by atoms with Crippen LogP contribution >= 0.6 is 0 Å². The number of fused-ring (bicyclic) bond motifs is 1. The second kappa shape index (κ2) is 4.16. The standard InChI is InChI=1S/C13H19N3/c1-4-10(5-2)11-12(14)16-8-6-7-9(3)13(16)15-11/h6-8,10H,4-5,14H2,1-3H3. The average Bonchev–Trinajstić information content (AvgIpc) is 2.61. The summed E-state index contributed by atoms with van der Waals surface area (Å²) in [7, 11) is 0. The molecule has 2 N–H and O–H groups in total. The first-order valence-electron chi connectivity index (χ1n) is 5.92. The van der Waals surface area contributed by atoms with Gasteiger partial charge in [0.2, 0.25) is 0 Å². The molecule has 0 aliphatic rings. The number of hydrogen-bond acceptors (Lipinski definition) is 2. The molecule has 0 spiro atoms. The third kappa shape index (κ3) is 1.56. The molecule has 0 aliphatic heterocycles. The van der Waals surface area contributed by atoms with Crippen LogP contribution in [-0.4, -0.2) is 9.38 Å².